The Labute approximate surface area is 110 Å². The van der Waals surface area contributed by atoms with Gasteiger partial charge in [-0.1, -0.05) is 12.1 Å². The van der Waals surface area contributed by atoms with Crippen molar-refractivity contribution in [1.29, 1.82) is 0 Å². The highest BCUT2D eigenvalue weighted by atomic mass is 16.1. The molecule has 2 aromatic rings. The van der Waals surface area contributed by atoms with Gasteiger partial charge in [0.2, 0.25) is 5.95 Å². The lowest BCUT2D eigenvalue weighted by Gasteiger charge is -2.06. The Bertz CT molecular complexity index is 619. The van der Waals surface area contributed by atoms with Crippen LogP contribution in [0.1, 0.15) is 5.56 Å². The molecule has 0 saturated carbocycles. The summed E-state index contributed by atoms with van der Waals surface area (Å²) < 4.78 is 1.28. The third kappa shape index (κ3) is 3.23. The minimum Gasteiger partial charge on any atom is -0.289 e. The molecule has 2 aromatic heterocycles. The van der Waals surface area contributed by atoms with Gasteiger partial charge in [-0.25, -0.2) is 24.8 Å². The first kappa shape index (κ1) is 12.9. The summed E-state index contributed by atoms with van der Waals surface area (Å²) in [5.41, 5.74) is 6.05. The molecule has 0 radical (unpaired) electrons. The van der Waals surface area contributed by atoms with Crippen LogP contribution in [0.25, 0.3) is 5.82 Å². The van der Waals surface area contributed by atoms with Crippen molar-refractivity contribution in [2.24, 2.45) is 0 Å². The summed E-state index contributed by atoms with van der Waals surface area (Å²) in [4.78, 5) is 23.8. The number of rotatable bonds is 5. The smallest absolute Gasteiger partial charge is 0.289 e. The fourth-order valence-corrected chi connectivity index (χ4v) is 1.36. The first-order chi connectivity index (χ1) is 9.20. The molecular weight excluding hydrogens is 244 g/mol. The maximum atomic E-state index is 11.8. The summed E-state index contributed by atoms with van der Waals surface area (Å²) >= 11 is 0. The van der Waals surface area contributed by atoms with Gasteiger partial charge in [0.15, 0.2) is 0 Å². The first-order valence-corrected chi connectivity index (χ1v) is 5.69. The minimum absolute atomic E-state index is 0.204. The van der Waals surface area contributed by atoms with E-state index in [2.05, 4.69) is 32.4 Å². The zero-order valence-electron chi connectivity index (χ0n) is 10.5. The van der Waals surface area contributed by atoms with Crippen LogP contribution in [0.3, 0.4) is 0 Å². The molecule has 0 aromatic carbocycles. The van der Waals surface area contributed by atoms with E-state index in [0.717, 1.165) is 5.56 Å². The van der Waals surface area contributed by atoms with Crippen molar-refractivity contribution in [1.82, 2.24) is 24.9 Å². The van der Waals surface area contributed by atoms with Crippen LogP contribution in [0.5, 0.6) is 0 Å². The third-order valence-electron chi connectivity index (χ3n) is 2.29. The molecule has 0 aliphatic rings. The van der Waals surface area contributed by atoms with Gasteiger partial charge in [0.25, 0.3) is 0 Å². The number of anilines is 1. The van der Waals surface area contributed by atoms with Crippen LogP contribution in [0, 0.1) is 6.92 Å². The van der Waals surface area contributed by atoms with E-state index in [0.29, 0.717) is 12.4 Å². The largest absolute Gasteiger partial charge is 0.357 e. The van der Waals surface area contributed by atoms with E-state index in [4.69, 9.17) is 0 Å². The Kier molecular flexibility index (Phi) is 3.99. The second-order valence-corrected chi connectivity index (χ2v) is 3.82. The third-order valence-corrected chi connectivity index (χ3v) is 2.29. The molecular formula is C12H14N6O. The molecule has 0 aliphatic heterocycles. The Balaban J connectivity index is 2.22. The monoisotopic (exact) mass is 258 g/mol. The SMILES string of the molecule is C=CCNNc1ncn(-c2ccc(C)cn2)c(=O)n1. The molecule has 0 saturated heterocycles. The summed E-state index contributed by atoms with van der Waals surface area (Å²) in [7, 11) is 0. The number of nitrogens with zero attached hydrogens (tertiary/aromatic N) is 4. The van der Waals surface area contributed by atoms with E-state index in [9.17, 15) is 4.79 Å². The van der Waals surface area contributed by atoms with Gasteiger partial charge in [0.1, 0.15) is 12.1 Å². The summed E-state index contributed by atoms with van der Waals surface area (Å²) in [5, 5.41) is 0. The average molecular weight is 258 g/mol. The van der Waals surface area contributed by atoms with Gasteiger partial charge < -0.3 is 0 Å². The highest BCUT2D eigenvalue weighted by Gasteiger charge is 2.04. The topological polar surface area (TPSA) is 84.7 Å². The van der Waals surface area contributed by atoms with Crippen LogP contribution in [0.2, 0.25) is 0 Å². The average Bonchev–Trinajstić information content (AvgIpc) is 2.41. The molecule has 7 nitrogen and oxygen atoms in total. The van der Waals surface area contributed by atoms with E-state index in [1.54, 1.807) is 18.3 Å². The second-order valence-electron chi connectivity index (χ2n) is 3.82. The Hall–Kier alpha value is -2.54. The Morgan fingerprint density at radius 1 is 1.42 bits per heavy atom. The molecule has 19 heavy (non-hydrogen) atoms. The van der Waals surface area contributed by atoms with Crippen LogP contribution >= 0.6 is 0 Å². The van der Waals surface area contributed by atoms with Crippen LogP contribution in [-0.2, 0) is 0 Å². The zero-order valence-corrected chi connectivity index (χ0v) is 10.5. The highest BCUT2D eigenvalue weighted by Crippen LogP contribution is 2.02. The van der Waals surface area contributed by atoms with Crippen molar-refractivity contribution >= 4 is 5.95 Å². The number of nitrogens with one attached hydrogen (secondary N) is 2. The summed E-state index contributed by atoms with van der Waals surface area (Å²) in [6.45, 7) is 6.01. The molecule has 2 rings (SSSR count). The molecule has 98 valence electrons. The first-order valence-electron chi connectivity index (χ1n) is 5.69. The van der Waals surface area contributed by atoms with Crippen molar-refractivity contribution in [2.75, 3.05) is 12.0 Å². The summed E-state index contributed by atoms with van der Waals surface area (Å²) in [5.74, 6) is 0.691. The zero-order chi connectivity index (χ0) is 13.7. The van der Waals surface area contributed by atoms with Crippen molar-refractivity contribution in [2.45, 2.75) is 6.92 Å². The quantitative estimate of drug-likeness (QED) is 0.460. The van der Waals surface area contributed by atoms with Gasteiger partial charge in [-0.3, -0.25) is 5.43 Å². The predicted octanol–water partition coefficient (Wildman–Crippen LogP) is 0.433. The molecule has 0 fully saturated rings. The molecule has 2 N–H and O–H groups in total. The number of hydrogen-bond donors (Lipinski definition) is 2. The van der Waals surface area contributed by atoms with Crippen molar-refractivity contribution in [3.8, 4) is 5.82 Å². The van der Waals surface area contributed by atoms with Gasteiger partial charge in [0.05, 0.1) is 0 Å². The molecule has 7 heteroatoms. The van der Waals surface area contributed by atoms with Crippen molar-refractivity contribution < 1.29 is 0 Å². The molecule has 0 atom stereocenters. The molecule has 0 amide bonds. The summed E-state index contributed by atoms with van der Waals surface area (Å²) in [6.07, 6.45) is 4.73. The fourth-order valence-electron chi connectivity index (χ4n) is 1.36. The van der Waals surface area contributed by atoms with Gasteiger partial charge in [0, 0.05) is 12.7 Å². The van der Waals surface area contributed by atoms with Crippen molar-refractivity contribution in [3.05, 3.63) is 53.4 Å². The molecule has 2 heterocycles. The van der Waals surface area contributed by atoms with Crippen LogP contribution in [0.4, 0.5) is 5.95 Å². The van der Waals surface area contributed by atoms with Crippen LogP contribution in [0.15, 0.2) is 42.1 Å². The van der Waals surface area contributed by atoms with Gasteiger partial charge >= 0.3 is 5.69 Å². The number of hydrazine groups is 1. The second kappa shape index (κ2) is 5.87. The maximum Gasteiger partial charge on any atom is 0.357 e. The van der Waals surface area contributed by atoms with Gasteiger partial charge in [-0.05, 0) is 18.6 Å². The van der Waals surface area contributed by atoms with Gasteiger partial charge in [-0.2, -0.15) is 4.98 Å². The van der Waals surface area contributed by atoms with E-state index in [1.807, 2.05) is 13.0 Å². The normalized spacial score (nSPS) is 10.2. The Morgan fingerprint density at radius 2 is 2.26 bits per heavy atom. The van der Waals surface area contributed by atoms with Crippen LogP contribution in [-0.4, -0.2) is 26.1 Å². The summed E-state index contributed by atoms with van der Waals surface area (Å²) in [6, 6.07) is 3.61. The standard InChI is InChI=1S/C12H14N6O/c1-3-6-15-17-11-14-8-18(12(19)16-11)10-5-4-9(2)7-13-10/h3-5,7-8,15H,1,6H2,2H3,(H,16,17,19). The lowest BCUT2D eigenvalue weighted by atomic mass is 10.3. The number of aromatic nitrogens is 4. The molecule has 0 bridgehead atoms. The van der Waals surface area contributed by atoms with E-state index >= 15 is 0 Å². The van der Waals surface area contributed by atoms with E-state index in [-0.39, 0.29) is 5.95 Å². The highest BCUT2D eigenvalue weighted by molar-refractivity contribution is 5.26. The number of hydrogen-bond acceptors (Lipinski definition) is 6. The number of aryl methyl sites for hydroxylation is 1. The van der Waals surface area contributed by atoms with Crippen LogP contribution < -0.4 is 16.5 Å². The number of pyridine rings is 1. The van der Waals surface area contributed by atoms with Crippen molar-refractivity contribution in [3.63, 3.8) is 0 Å². The lowest BCUT2D eigenvalue weighted by molar-refractivity contribution is 0.803. The molecule has 0 unspecified atom stereocenters. The molecule has 0 spiro atoms. The van der Waals surface area contributed by atoms with Gasteiger partial charge in [-0.15, -0.1) is 6.58 Å². The van der Waals surface area contributed by atoms with E-state index in [1.165, 1.54) is 10.9 Å². The lowest BCUT2D eigenvalue weighted by Crippen LogP contribution is -2.28. The minimum atomic E-state index is -0.450. The van der Waals surface area contributed by atoms with E-state index < -0.39 is 5.69 Å². The molecule has 0 aliphatic carbocycles. The Morgan fingerprint density at radius 3 is 2.89 bits per heavy atom. The fraction of sp³-hybridized carbons (Fsp3) is 0.167. The maximum absolute atomic E-state index is 11.8. The predicted molar refractivity (Wildman–Crippen MR) is 72.0 cm³/mol.